The fourth-order valence-electron chi connectivity index (χ4n) is 2.67. The van der Waals surface area contributed by atoms with Gasteiger partial charge in [-0.1, -0.05) is 24.0 Å². The zero-order valence-corrected chi connectivity index (χ0v) is 16.1. The number of aromatic nitrogens is 2. The Kier molecular flexibility index (Phi) is 8.55. The molecule has 0 saturated heterocycles. The van der Waals surface area contributed by atoms with E-state index in [-0.39, 0.29) is 12.0 Å². The van der Waals surface area contributed by atoms with E-state index in [1.54, 1.807) is 0 Å². The predicted octanol–water partition coefficient (Wildman–Crippen LogP) is 3.21. The largest absolute Gasteiger partial charge is 0.379 e. The number of hydrogen-bond donors (Lipinski definition) is 3. The molecule has 3 rings (SSSR count). The van der Waals surface area contributed by atoms with Gasteiger partial charge in [-0.15, -0.1) is 0 Å². The number of nitrogens with zero attached hydrogens (tertiary/aromatic N) is 2. The van der Waals surface area contributed by atoms with Crippen LogP contribution in [0.2, 0.25) is 0 Å². The third kappa shape index (κ3) is 7.67. The number of halogens is 4. The Morgan fingerprint density at radius 3 is 2.53 bits per heavy atom. The molecule has 1 unspecified atom stereocenters. The average molecular weight is 423 g/mol. The van der Waals surface area contributed by atoms with E-state index in [2.05, 4.69) is 32.4 Å². The Morgan fingerprint density at radius 1 is 1.27 bits per heavy atom. The molecule has 0 aliphatic heterocycles. The maximum Gasteiger partial charge on any atom is 0.379 e. The minimum absolute atomic E-state index is 0.103. The first-order chi connectivity index (χ1) is 14.3. The van der Waals surface area contributed by atoms with E-state index in [1.165, 1.54) is 6.07 Å². The second-order valence-electron chi connectivity index (χ2n) is 6.43. The average Bonchev–Trinajstić information content (AvgIpc) is 3.47. The molecule has 10 heteroatoms. The van der Waals surface area contributed by atoms with Crippen LogP contribution in [0, 0.1) is 23.7 Å². The van der Waals surface area contributed by atoms with Gasteiger partial charge in [0.15, 0.2) is 0 Å². The number of alkyl halides is 3. The standard InChI is InChI=1S/C19H20FN5O.CHF3/c1-22-16(7-5-12-2-3-12)15-6-4-13(9-17(15)23-11-26)8-14-10-18(20)25-19(21)24-14;2-1(3)4/h4,6,9-12,16,22H,2-3,8H2,1H3,(H,23,26)(H2,21,24,25);1H. The van der Waals surface area contributed by atoms with Crippen molar-refractivity contribution in [2.75, 3.05) is 18.1 Å². The van der Waals surface area contributed by atoms with Crippen molar-refractivity contribution in [2.24, 2.45) is 5.92 Å². The number of carbonyl (C=O) groups excluding carboxylic acids is 1. The Morgan fingerprint density at radius 2 is 1.97 bits per heavy atom. The summed E-state index contributed by atoms with van der Waals surface area (Å²) in [4.78, 5) is 18.5. The number of benzene rings is 1. The summed E-state index contributed by atoms with van der Waals surface area (Å²) in [6.07, 6.45) is 3.31. The predicted molar refractivity (Wildman–Crippen MR) is 105 cm³/mol. The maximum atomic E-state index is 13.4. The minimum atomic E-state index is -3.67. The first kappa shape index (κ1) is 23.1. The van der Waals surface area contributed by atoms with Gasteiger partial charge in [0.1, 0.15) is 0 Å². The summed E-state index contributed by atoms with van der Waals surface area (Å²) < 4.78 is 42.4. The van der Waals surface area contributed by atoms with E-state index in [9.17, 15) is 22.4 Å². The number of nitrogen functional groups attached to an aromatic ring is 1. The molecule has 160 valence electrons. The van der Waals surface area contributed by atoms with Crippen molar-refractivity contribution < 1.29 is 22.4 Å². The van der Waals surface area contributed by atoms with Crippen LogP contribution >= 0.6 is 0 Å². The highest BCUT2D eigenvalue weighted by molar-refractivity contribution is 5.74. The lowest BCUT2D eigenvalue weighted by Crippen LogP contribution is -2.16. The van der Waals surface area contributed by atoms with Crippen LogP contribution in [-0.2, 0) is 11.2 Å². The highest BCUT2D eigenvalue weighted by atomic mass is 19.4. The summed E-state index contributed by atoms with van der Waals surface area (Å²) in [5, 5.41) is 5.89. The number of anilines is 2. The third-order valence-corrected chi connectivity index (χ3v) is 4.09. The van der Waals surface area contributed by atoms with Gasteiger partial charge < -0.3 is 16.4 Å². The van der Waals surface area contributed by atoms with Gasteiger partial charge in [-0.25, -0.2) is 4.98 Å². The second kappa shape index (κ2) is 11.1. The summed E-state index contributed by atoms with van der Waals surface area (Å²) in [6.45, 7) is -3.67. The van der Waals surface area contributed by atoms with Crippen LogP contribution in [-0.4, -0.2) is 30.1 Å². The summed E-state index contributed by atoms with van der Waals surface area (Å²) in [6, 6.07) is 6.71. The molecule has 1 aromatic carbocycles. The molecular formula is C20H21F4N5O. The molecular weight excluding hydrogens is 402 g/mol. The van der Waals surface area contributed by atoms with Crippen LogP contribution in [0.5, 0.6) is 0 Å². The zero-order valence-electron chi connectivity index (χ0n) is 16.1. The molecule has 1 amide bonds. The van der Waals surface area contributed by atoms with Gasteiger partial charge in [-0.2, -0.15) is 22.5 Å². The van der Waals surface area contributed by atoms with Gasteiger partial charge in [-0.3, -0.25) is 4.79 Å². The third-order valence-electron chi connectivity index (χ3n) is 4.09. The van der Waals surface area contributed by atoms with Gasteiger partial charge in [0.2, 0.25) is 18.3 Å². The Hall–Kier alpha value is -3.19. The Balaban J connectivity index is 0.000000735. The van der Waals surface area contributed by atoms with Gasteiger partial charge in [0, 0.05) is 29.7 Å². The molecule has 0 bridgehead atoms. The molecule has 30 heavy (non-hydrogen) atoms. The van der Waals surface area contributed by atoms with Crippen molar-refractivity contribution >= 4 is 18.0 Å². The highest BCUT2D eigenvalue weighted by Gasteiger charge is 2.19. The molecule has 6 nitrogen and oxygen atoms in total. The minimum Gasteiger partial charge on any atom is -0.368 e. The first-order valence-electron chi connectivity index (χ1n) is 9.04. The van der Waals surface area contributed by atoms with Crippen molar-refractivity contribution in [3.05, 3.63) is 47.0 Å². The lowest BCUT2D eigenvalue weighted by molar-refractivity contribution is -0.105. The van der Waals surface area contributed by atoms with E-state index < -0.39 is 12.6 Å². The molecule has 1 saturated carbocycles. The van der Waals surface area contributed by atoms with Crippen LogP contribution < -0.4 is 16.4 Å². The molecule has 1 aliphatic carbocycles. The maximum absolute atomic E-state index is 13.4. The van der Waals surface area contributed by atoms with E-state index >= 15 is 0 Å². The van der Waals surface area contributed by atoms with Crippen molar-refractivity contribution in [1.82, 2.24) is 15.3 Å². The first-order valence-corrected chi connectivity index (χ1v) is 9.04. The summed E-state index contributed by atoms with van der Waals surface area (Å²) >= 11 is 0. The quantitative estimate of drug-likeness (QED) is 0.287. The number of amides is 1. The molecule has 1 aliphatic rings. The van der Waals surface area contributed by atoms with Gasteiger partial charge in [-0.05, 0) is 31.5 Å². The Bertz CT molecular complexity index is 902. The molecule has 0 radical (unpaired) electrons. The second-order valence-corrected chi connectivity index (χ2v) is 6.43. The molecule has 1 aromatic heterocycles. The fraction of sp³-hybridized carbons (Fsp3) is 0.350. The number of nitrogens with two attached hydrogens (primary N) is 1. The summed E-state index contributed by atoms with van der Waals surface area (Å²) in [5.74, 6) is 6.19. The van der Waals surface area contributed by atoms with E-state index in [0.717, 1.165) is 24.0 Å². The number of nitrogens with one attached hydrogen (secondary N) is 2. The Labute approximate surface area is 171 Å². The van der Waals surface area contributed by atoms with Crippen molar-refractivity contribution in [1.29, 1.82) is 0 Å². The monoisotopic (exact) mass is 423 g/mol. The molecule has 0 spiro atoms. The van der Waals surface area contributed by atoms with E-state index in [1.807, 2.05) is 25.2 Å². The van der Waals surface area contributed by atoms with Crippen LogP contribution in [0.4, 0.5) is 29.2 Å². The SMILES string of the molecule is CNC(C#CC1CC1)c1ccc(Cc2cc(F)nc(N)n2)cc1NC=O.FC(F)F. The van der Waals surface area contributed by atoms with Gasteiger partial charge in [0.05, 0.1) is 11.7 Å². The number of carbonyl (C=O) groups is 1. The van der Waals surface area contributed by atoms with Crippen LogP contribution in [0.1, 0.15) is 35.7 Å². The highest BCUT2D eigenvalue weighted by Crippen LogP contribution is 2.29. The van der Waals surface area contributed by atoms with Gasteiger partial charge in [0.25, 0.3) is 0 Å². The molecule has 4 N–H and O–H groups in total. The molecule has 1 heterocycles. The topological polar surface area (TPSA) is 92.9 Å². The van der Waals surface area contributed by atoms with Crippen LogP contribution in [0.3, 0.4) is 0 Å². The van der Waals surface area contributed by atoms with Crippen molar-refractivity contribution in [3.63, 3.8) is 0 Å². The molecule has 1 fully saturated rings. The fourth-order valence-corrected chi connectivity index (χ4v) is 2.67. The van der Waals surface area contributed by atoms with E-state index in [4.69, 9.17) is 5.73 Å². The lowest BCUT2D eigenvalue weighted by Gasteiger charge is -2.16. The molecule has 1 atom stereocenters. The zero-order chi connectivity index (χ0) is 22.1. The number of hydrogen-bond acceptors (Lipinski definition) is 5. The van der Waals surface area contributed by atoms with Crippen LogP contribution in [0.15, 0.2) is 24.3 Å². The van der Waals surface area contributed by atoms with Crippen molar-refractivity contribution in [2.45, 2.75) is 32.0 Å². The number of rotatable bonds is 6. The normalized spacial score (nSPS) is 13.5. The van der Waals surface area contributed by atoms with E-state index in [0.29, 0.717) is 30.1 Å². The summed E-state index contributed by atoms with van der Waals surface area (Å²) in [5.41, 5.74) is 8.36. The van der Waals surface area contributed by atoms with Gasteiger partial charge >= 0.3 is 6.68 Å². The summed E-state index contributed by atoms with van der Waals surface area (Å²) in [7, 11) is 1.83. The lowest BCUT2D eigenvalue weighted by atomic mass is 10.00. The van der Waals surface area contributed by atoms with Crippen molar-refractivity contribution in [3.8, 4) is 11.8 Å². The molecule has 2 aromatic rings. The smallest absolute Gasteiger partial charge is 0.368 e. The van der Waals surface area contributed by atoms with Crippen LogP contribution in [0.25, 0.3) is 0 Å².